The van der Waals surface area contributed by atoms with Crippen LogP contribution in [0.3, 0.4) is 0 Å². The average Bonchev–Trinajstić information content (AvgIpc) is 1.54. The number of hydrogen-bond acceptors (Lipinski definition) is 17. The molecule has 0 fully saturated rings. The molecule has 0 spiro atoms. The van der Waals surface area contributed by atoms with Gasteiger partial charge in [-0.05, 0) is 196 Å². The van der Waals surface area contributed by atoms with Crippen LogP contribution in [0.5, 0.6) is 0 Å². The molecule has 0 aliphatic heterocycles. The van der Waals surface area contributed by atoms with Gasteiger partial charge in [0.05, 0.1) is 22.4 Å². The van der Waals surface area contributed by atoms with Crippen LogP contribution in [-0.2, 0) is 16.2 Å². The summed E-state index contributed by atoms with van der Waals surface area (Å²) in [5, 5.41) is 10.6. The Kier molecular flexibility index (Phi) is 20.2. The number of benzene rings is 16. The lowest BCUT2D eigenvalue weighted by atomic mass is 9.63. The van der Waals surface area contributed by atoms with Crippen LogP contribution >= 0.6 is 0 Å². The van der Waals surface area contributed by atoms with E-state index in [9.17, 15) is 0 Å². The summed E-state index contributed by atoms with van der Waals surface area (Å²) in [6, 6.07) is 133. The highest BCUT2D eigenvalue weighted by molar-refractivity contribution is 6.15. The second kappa shape index (κ2) is 34.4. The molecule has 11 aromatic heterocycles. The third kappa shape index (κ3) is 14.2. The number of aromatic nitrogens is 12. The zero-order valence-corrected chi connectivity index (χ0v) is 82.2. The number of hydrogen-bond donors (Lipinski definition) is 0. The number of para-hydroxylation sites is 4. The Morgan fingerprint density at radius 2 is 0.644 bits per heavy atom. The molecule has 1 atom stereocenters. The Labute approximate surface area is 855 Å². The van der Waals surface area contributed by atoms with Crippen LogP contribution in [0.4, 0.5) is 0 Å². The van der Waals surface area contributed by atoms with Gasteiger partial charge in [0.15, 0.2) is 52.4 Å². The SMILES string of the molecule is CC(C)C1(C(C)C)c2ccncc2-c2cc3c(cc21)oc1c(-c2nc(-c4ccccc4)nc(-c4ccccc4)n2)cccc13.CC1(C)c2cc(-c3nc(-c4ccccc4)nc(-c4ccc5oc6ccccc6c5c4)n3)ccc2-c2cc3c(cc21)oc1ncccc13.CC1(c2ccccc2)c2cc3oc4ccccc4c3cc2-c2ccc(-c3cccc(-c4nc(-c5ccccc5)nc(-c5cccc6oc7ccccc7c56)n4)c3)nc21. The van der Waals surface area contributed by atoms with E-state index in [0.29, 0.717) is 70.0 Å². The molecule has 17 heteroatoms. The van der Waals surface area contributed by atoms with E-state index in [2.05, 4.69) is 240 Å². The fourth-order valence-corrected chi connectivity index (χ4v) is 23.7. The van der Waals surface area contributed by atoms with Crippen molar-refractivity contribution in [2.24, 2.45) is 11.8 Å². The fourth-order valence-electron chi connectivity index (χ4n) is 23.7. The molecule has 3 aliphatic carbocycles. The van der Waals surface area contributed by atoms with E-state index in [1.54, 1.807) is 6.20 Å². The van der Waals surface area contributed by atoms with E-state index in [1.807, 2.05) is 219 Å². The van der Waals surface area contributed by atoms with Gasteiger partial charge in [-0.3, -0.25) is 9.97 Å². The molecular formula is C132H90N12O5. The van der Waals surface area contributed by atoms with Gasteiger partial charge in [0.1, 0.15) is 50.2 Å². The van der Waals surface area contributed by atoms with Crippen molar-refractivity contribution in [1.29, 1.82) is 0 Å². The maximum absolute atomic E-state index is 6.79. The second-order valence-electron chi connectivity index (χ2n) is 40.1. The van der Waals surface area contributed by atoms with Gasteiger partial charge in [0.25, 0.3) is 0 Å². The summed E-state index contributed by atoms with van der Waals surface area (Å²) in [5.74, 6) is 6.26. The summed E-state index contributed by atoms with van der Waals surface area (Å²) >= 11 is 0. The molecule has 0 saturated heterocycles. The predicted molar refractivity (Wildman–Crippen MR) is 595 cm³/mol. The smallest absolute Gasteiger partial charge is 0.227 e. The molecule has 708 valence electrons. The Morgan fingerprint density at radius 3 is 1.28 bits per heavy atom. The number of furan rings is 5. The zero-order valence-electron chi connectivity index (χ0n) is 82.2. The Morgan fingerprint density at radius 1 is 0.228 bits per heavy atom. The van der Waals surface area contributed by atoms with Crippen molar-refractivity contribution in [2.75, 3.05) is 0 Å². The van der Waals surface area contributed by atoms with Crippen LogP contribution < -0.4 is 0 Å². The second-order valence-corrected chi connectivity index (χ2v) is 40.1. The number of pyridine rings is 3. The van der Waals surface area contributed by atoms with E-state index >= 15 is 0 Å². The van der Waals surface area contributed by atoms with Crippen molar-refractivity contribution in [2.45, 2.75) is 64.7 Å². The van der Waals surface area contributed by atoms with Gasteiger partial charge in [0.2, 0.25) is 5.71 Å². The maximum atomic E-state index is 6.79. The molecular weight excluding hydrogens is 1830 g/mol. The molecule has 27 aromatic rings. The van der Waals surface area contributed by atoms with Crippen molar-refractivity contribution in [3.63, 3.8) is 0 Å². The van der Waals surface area contributed by atoms with Gasteiger partial charge >= 0.3 is 0 Å². The quantitative estimate of drug-likeness (QED) is 0.105. The molecule has 1 unspecified atom stereocenters. The summed E-state index contributed by atoms with van der Waals surface area (Å²) in [4.78, 5) is 59.8. The molecule has 3 aliphatic rings. The molecule has 0 N–H and O–H groups in total. The topological polar surface area (TPSA) is 220 Å². The van der Waals surface area contributed by atoms with E-state index in [4.69, 9.17) is 71.9 Å². The summed E-state index contributed by atoms with van der Waals surface area (Å²) in [5.41, 5.74) is 33.1. The van der Waals surface area contributed by atoms with E-state index < -0.39 is 5.41 Å². The normalized spacial score (nSPS) is 14.0. The fraction of sp³-hybridized carbons (Fsp3) is 0.0909. The van der Waals surface area contributed by atoms with Crippen LogP contribution in [0.15, 0.2) is 429 Å². The monoisotopic (exact) mass is 1920 g/mol. The van der Waals surface area contributed by atoms with Crippen molar-refractivity contribution in [3.8, 4) is 147 Å². The predicted octanol–water partition coefficient (Wildman–Crippen LogP) is 33.2. The first-order valence-corrected chi connectivity index (χ1v) is 50.5. The number of nitrogens with zero attached hydrogens (tertiary/aromatic N) is 12. The largest absolute Gasteiger partial charge is 0.456 e. The van der Waals surface area contributed by atoms with E-state index in [-0.39, 0.29) is 10.8 Å². The molecule has 30 rings (SSSR count). The van der Waals surface area contributed by atoms with Crippen LogP contribution in [0, 0.1) is 11.8 Å². The summed E-state index contributed by atoms with van der Waals surface area (Å²) in [7, 11) is 0. The van der Waals surface area contributed by atoms with Gasteiger partial charge < -0.3 is 22.1 Å². The van der Waals surface area contributed by atoms with Gasteiger partial charge in [-0.1, -0.05) is 308 Å². The zero-order chi connectivity index (χ0) is 99.7. The first-order valence-electron chi connectivity index (χ1n) is 50.5. The molecule has 0 bridgehead atoms. The lowest BCUT2D eigenvalue weighted by molar-refractivity contribution is 0.280. The maximum Gasteiger partial charge on any atom is 0.227 e. The van der Waals surface area contributed by atoms with Crippen LogP contribution in [0.1, 0.15) is 87.5 Å². The van der Waals surface area contributed by atoms with Gasteiger partial charge in [-0.2, -0.15) is 0 Å². The number of rotatable bonds is 13. The summed E-state index contributed by atoms with van der Waals surface area (Å²) in [6.07, 6.45) is 5.73. The van der Waals surface area contributed by atoms with Crippen LogP contribution in [0.25, 0.3) is 257 Å². The standard InChI is InChI=1S/C52H32N4O2.C41H26N4O2.C39H32N4O/c1-52(34-18-6-3-7-19-34)41-30-46-40(35-20-8-10-23-43(35)58-46)29-39(41)36-26-27-42(53-48(36)52)32-16-12-17-33(28-32)50-54-49(31-14-4-2-5-15-31)55-51(56-50)38-22-13-25-45-47(38)37-21-9-11-24-44(37)57-45;1-41(2)32-20-25(14-16-26(32)29-21-31-28-12-8-18-42-40(28)47-36(31)22-33(29)41)39-44-37(23-9-4-3-5-10-23)43-38(45-39)24-15-17-35-30(19-24)27-11-6-7-13-34(27)46-35;1-23(2)39(24(3)4)32-18-19-40-22-31(32)29-20-30-27-16-11-17-28(35(27)44-34(30)21-33(29)39)38-42-36(25-12-7-5-8-13-25)41-37(43-38)26-14-9-6-10-15-26/h2-30H,1H3;3-22H,1-2H3;5-24H,1-4H3. The van der Waals surface area contributed by atoms with Gasteiger partial charge in [0, 0.05) is 144 Å². The average molecular weight is 1920 g/mol. The highest BCUT2D eigenvalue weighted by Crippen LogP contribution is 2.60. The molecule has 17 nitrogen and oxygen atoms in total. The van der Waals surface area contributed by atoms with Crippen molar-refractivity contribution in [3.05, 3.63) is 446 Å². The van der Waals surface area contributed by atoms with Crippen molar-refractivity contribution in [1.82, 2.24) is 59.8 Å². The van der Waals surface area contributed by atoms with Crippen LogP contribution in [0.2, 0.25) is 0 Å². The van der Waals surface area contributed by atoms with Crippen LogP contribution in [-0.4, -0.2) is 59.8 Å². The molecule has 0 amide bonds. The highest BCUT2D eigenvalue weighted by Gasteiger charge is 2.49. The molecule has 0 saturated carbocycles. The minimum atomic E-state index is -0.515. The van der Waals surface area contributed by atoms with Crippen molar-refractivity contribution < 1.29 is 22.1 Å². The molecule has 0 radical (unpaired) electrons. The minimum Gasteiger partial charge on any atom is -0.456 e. The first kappa shape index (κ1) is 87.8. The van der Waals surface area contributed by atoms with Gasteiger partial charge in [-0.25, -0.2) is 49.8 Å². The lowest BCUT2D eigenvalue weighted by Gasteiger charge is -2.40. The molecule has 11 heterocycles. The van der Waals surface area contributed by atoms with Crippen molar-refractivity contribution >= 4 is 110 Å². The summed E-state index contributed by atoms with van der Waals surface area (Å²) in [6.45, 7) is 16.1. The van der Waals surface area contributed by atoms with E-state index in [0.717, 1.165) is 177 Å². The molecule has 16 aromatic carbocycles. The van der Waals surface area contributed by atoms with E-state index in [1.165, 1.54) is 61.2 Å². The molecule has 149 heavy (non-hydrogen) atoms. The highest BCUT2D eigenvalue weighted by atomic mass is 16.3. The summed E-state index contributed by atoms with van der Waals surface area (Å²) < 4.78 is 31.7. The Hall–Kier alpha value is -19.0. The van der Waals surface area contributed by atoms with Gasteiger partial charge in [-0.15, -0.1) is 0 Å². The third-order valence-electron chi connectivity index (χ3n) is 30.8. The third-order valence-corrected chi connectivity index (χ3v) is 30.8. The Balaban J connectivity index is 0.000000109. The first-order chi connectivity index (χ1) is 73.1. The lowest BCUT2D eigenvalue weighted by Crippen LogP contribution is -2.37. The number of fused-ring (bicyclic) bond motifs is 24. The minimum absolute atomic E-state index is 0.132. The Bertz CT molecular complexity index is 10100.